The summed E-state index contributed by atoms with van der Waals surface area (Å²) >= 11 is 0. The first kappa shape index (κ1) is 26.1. The molecule has 0 aliphatic carbocycles. The Hall–Kier alpha value is -2.47. The van der Waals surface area contributed by atoms with Crippen molar-refractivity contribution in [3.63, 3.8) is 0 Å². The number of amides is 1. The first-order chi connectivity index (χ1) is 16.3. The number of carbonyl (C=O) groups excluding carboxylic acids is 1. The van der Waals surface area contributed by atoms with Crippen LogP contribution in [-0.4, -0.2) is 58.0 Å². The Kier molecular flexibility index (Phi) is 8.69. The normalized spacial score (nSPS) is 19.8. The molecular weight excluding hydrogens is 424 g/mol. The zero-order chi connectivity index (χ0) is 25.0. The number of nitrogens with zero attached hydrogens (tertiary/aromatic N) is 4. The molecular formula is C28H42N4O2. The van der Waals surface area contributed by atoms with Gasteiger partial charge in [0.05, 0.1) is 18.4 Å². The number of carbonyl (C=O) groups is 1. The fourth-order valence-electron chi connectivity index (χ4n) is 5.66. The molecule has 6 heteroatoms. The van der Waals surface area contributed by atoms with Crippen LogP contribution in [-0.2, 0) is 17.6 Å². The first-order valence-corrected chi connectivity index (χ1v) is 12.8. The van der Waals surface area contributed by atoms with Gasteiger partial charge in [-0.2, -0.15) is 4.98 Å². The smallest absolute Gasteiger partial charge is 0.221 e. The van der Waals surface area contributed by atoms with Gasteiger partial charge in [-0.15, -0.1) is 0 Å². The number of rotatable bonds is 8. The van der Waals surface area contributed by atoms with Crippen molar-refractivity contribution in [3.8, 4) is 17.3 Å². The van der Waals surface area contributed by atoms with Gasteiger partial charge in [0.1, 0.15) is 0 Å². The number of aryl methyl sites for hydroxylation is 3. The molecule has 0 spiro atoms. The van der Waals surface area contributed by atoms with E-state index in [2.05, 4.69) is 64.6 Å². The summed E-state index contributed by atoms with van der Waals surface area (Å²) in [5.74, 6) is 1.57. The van der Waals surface area contributed by atoms with E-state index in [-0.39, 0.29) is 24.0 Å². The van der Waals surface area contributed by atoms with Crippen LogP contribution in [0.4, 0.5) is 0 Å². The van der Waals surface area contributed by atoms with Crippen molar-refractivity contribution < 1.29 is 9.53 Å². The zero-order valence-corrected chi connectivity index (χ0v) is 22.3. The predicted octanol–water partition coefficient (Wildman–Crippen LogP) is 5.37. The van der Waals surface area contributed by atoms with Gasteiger partial charge in [0.25, 0.3) is 0 Å². The molecule has 0 saturated carbocycles. The number of hydrogen-bond donors (Lipinski definition) is 0. The van der Waals surface area contributed by atoms with Gasteiger partial charge in [-0.05, 0) is 51.2 Å². The monoisotopic (exact) mass is 466 g/mol. The number of aromatic nitrogens is 2. The van der Waals surface area contributed by atoms with Crippen molar-refractivity contribution in [2.45, 2.75) is 92.3 Å². The van der Waals surface area contributed by atoms with E-state index in [0.29, 0.717) is 5.88 Å². The standard InChI is InChI=1S/C28H42N4O2/c1-9-13-24(32-18(4)16-31(21(7)33)17-19(32)5)25-20(6)29-27(30-28(25)34-8)26-22(10-2)14-12-15-23(26)11-3/h12,14-15,18-19,24H,9-11,13,16-17H2,1-8H3. The molecule has 186 valence electrons. The molecule has 0 N–H and O–H groups in total. The van der Waals surface area contributed by atoms with Gasteiger partial charge in [-0.25, -0.2) is 4.98 Å². The summed E-state index contributed by atoms with van der Waals surface area (Å²) in [6.07, 6.45) is 3.90. The van der Waals surface area contributed by atoms with Crippen molar-refractivity contribution in [2.75, 3.05) is 20.2 Å². The maximum absolute atomic E-state index is 12.1. The van der Waals surface area contributed by atoms with E-state index >= 15 is 0 Å². The zero-order valence-electron chi connectivity index (χ0n) is 22.3. The molecule has 6 nitrogen and oxygen atoms in total. The van der Waals surface area contributed by atoms with Gasteiger partial charge in [0, 0.05) is 43.7 Å². The Morgan fingerprint density at radius 1 is 1.09 bits per heavy atom. The lowest BCUT2D eigenvalue weighted by molar-refractivity contribution is -0.134. The highest BCUT2D eigenvalue weighted by atomic mass is 16.5. The van der Waals surface area contributed by atoms with E-state index in [1.807, 2.05) is 4.90 Å². The van der Waals surface area contributed by atoms with Crippen LogP contribution >= 0.6 is 0 Å². The third kappa shape index (κ3) is 5.12. The Bertz CT molecular complexity index is 972. The van der Waals surface area contributed by atoms with Crippen LogP contribution in [0.25, 0.3) is 11.4 Å². The molecule has 2 aromatic rings. The molecule has 34 heavy (non-hydrogen) atoms. The van der Waals surface area contributed by atoms with E-state index in [1.54, 1.807) is 14.0 Å². The van der Waals surface area contributed by atoms with Crippen molar-refractivity contribution in [1.29, 1.82) is 0 Å². The molecule has 1 fully saturated rings. The molecule has 1 aliphatic heterocycles. The number of piperazine rings is 1. The Labute approximate surface area is 205 Å². The van der Waals surface area contributed by atoms with E-state index in [4.69, 9.17) is 14.7 Å². The lowest BCUT2D eigenvalue weighted by Gasteiger charge is -2.48. The molecule has 3 atom stereocenters. The summed E-state index contributed by atoms with van der Waals surface area (Å²) in [7, 11) is 1.71. The number of methoxy groups -OCH3 is 1. The van der Waals surface area contributed by atoms with Gasteiger partial charge in [-0.3, -0.25) is 9.69 Å². The molecule has 3 rings (SSSR count). The van der Waals surface area contributed by atoms with Crippen molar-refractivity contribution >= 4 is 5.91 Å². The Morgan fingerprint density at radius 2 is 1.68 bits per heavy atom. The molecule has 1 amide bonds. The summed E-state index contributed by atoms with van der Waals surface area (Å²) < 4.78 is 5.94. The topological polar surface area (TPSA) is 58.6 Å². The maximum Gasteiger partial charge on any atom is 0.221 e. The van der Waals surface area contributed by atoms with Crippen LogP contribution < -0.4 is 4.74 Å². The second kappa shape index (κ2) is 11.3. The second-order valence-corrected chi connectivity index (χ2v) is 9.59. The molecule has 2 heterocycles. The van der Waals surface area contributed by atoms with Gasteiger partial charge in [-0.1, -0.05) is 45.4 Å². The number of hydrogen-bond acceptors (Lipinski definition) is 5. The van der Waals surface area contributed by atoms with Gasteiger partial charge < -0.3 is 9.64 Å². The van der Waals surface area contributed by atoms with Crippen LogP contribution in [0.3, 0.4) is 0 Å². The maximum atomic E-state index is 12.1. The molecule has 0 bridgehead atoms. The van der Waals surface area contributed by atoms with Crippen LogP contribution in [0.1, 0.15) is 82.8 Å². The van der Waals surface area contributed by atoms with E-state index in [1.165, 1.54) is 11.1 Å². The average Bonchev–Trinajstić information content (AvgIpc) is 2.81. The average molecular weight is 467 g/mol. The first-order valence-electron chi connectivity index (χ1n) is 12.8. The minimum atomic E-state index is 0.139. The van der Waals surface area contributed by atoms with Crippen LogP contribution in [0.2, 0.25) is 0 Å². The Balaban J connectivity index is 2.11. The fourth-order valence-corrected chi connectivity index (χ4v) is 5.66. The summed E-state index contributed by atoms with van der Waals surface area (Å²) in [4.78, 5) is 26.7. The van der Waals surface area contributed by atoms with Crippen molar-refractivity contribution in [3.05, 3.63) is 40.6 Å². The molecule has 1 saturated heterocycles. The van der Waals surface area contributed by atoms with Crippen LogP contribution in [0.15, 0.2) is 18.2 Å². The third-order valence-electron chi connectivity index (χ3n) is 7.20. The molecule has 0 radical (unpaired) electrons. The van der Waals surface area contributed by atoms with E-state index < -0.39 is 0 Å². The minimum Gasteiger partial charge on any atom is -0.481 e. The van der Waals surface area contributed by atoms with Crippen molar-refractivity contribution in [2.24, 2.45) is 0 Å². The molecule has 1 aliphatic rings. The quantitative estimate of drug-likeness (QED) is 0.524. The molecule has 3 unspecified atom stereocenters. The second-order valence-electron chi connectivity index (χ2n) is 9.59. The number of ether oxygens (including phenoxy) is 1. The van der Waals surface area contributed by atoms with Gasteiger partial charge in [0.15, 0.2) is 5.82 Å². The van der Waals surface area contributed by atoms with E-state index in [0.717, 1.165) is 61.4 Å². The lowest BCUT2D eigenvalue weighted by Crippen LogP contribution is -2.58. The van der Waals surface area contributed by atoms with Crippen LogP contribution in [0, 0.1) is 6.92 Å². The third-order valence-corrected chi connectivity index (χ3v) is 7.20. The molecule has 1 aromatic heterocycles. The summed E-state index contributed by atoms with van der Waals surface area (Å²) in [6, 6.07) is 7.08. The van der Waals surface area contributed by atoms with Crippen LogP contribution in [0.5, 0.6) is 5.88 Å². The summed E-state index contributed by atoms with van der Waals surface area (Å²) in [5, 5.41) is 0. The van der Waals surface area contributed by atoms with Crippen molar-refractivity contribution in [1.82, 2.24) is 19.8 Å². The largest absolute Gasteiger partial charge is 0.481 e. The summed E-state index contributed by atoms with van der Waals surface area (Å²) in [5.41, 5.74) is 5.73. The van der Waals surface area contributed by atoms with Gasteiger partial charge in [0.2, 0.25) is 11.8 Å². The Morgan fingerprint density at radius 3 is 2.15 bits per heavy atom. The summed E-state index contributed by atoms with van der Waals surface area (Å²) in [6.45, 7) is 16.2. The minimum absolute atomic E-state index is 0.139. The fraction of sp³-hybridized carbons (Fsp3) is 0.607. The number of benzene rings is 1. The van der Waals surface area contributed by atoms with Gasteiger partial charge >= 0.3 is 0 Å². The highest BCUT2D eigenvalue weighted by Crippen LogP contribution is 2.39. The SMILES string of the molecule is CCCC(c1c(C)nc(-c2c(CC)cccc2CC)nc1OC)N1C(C)CN(C(C)=O)CC1C. The highest BCUT2D eigenvalue weighted by Gasteiger charge is 2.38. The molecule has 1 aromatic carbocycles. The highest BCUT2D eigenvalue weighted by molar-refractivity contribution is 5.73. The lowest BCUT2D eigenvalue weighted by atomic mass is 9.93. The van der Waals surface area contributed by atoms with E-state index in [9.17, 15) is 4.79 Å². The predicted molar refractivity (Wildman–Crippen MR) is 138 cm³/mol.